The van der Waals surface area contributed by atoms with Crippen LogP contribution in [0.4, 0.5) is 11.9 Å². The number of nitrogens with two attached hydrogens (primary N) is 1. The molecule has 0 spiro atoms. The fourth-order valence-corrected chi connectivity index (χ4v) is 1.09. The molecule has 0 aliphatic rings. The van der Waals surface area contributed by atoms with E-state index in [2.05, 4.69) is 20.3 Å². The fraction of sp³-hybridized carbons (Fsp3) is 0.667. The molecule has 16 heavy (non-hydrogen) atoms. The summed E-state index contributed by atoms with van der Waals surface area (Å²) in [5, 5.41) is 12.0. The maximum atomic E-state index is 9.03. The van der Waals surface area contributed by atoms with Gasteiger partial charge in [0, 0.05) is 0 Å². The fourth-order valence-electron chi connectivity index (χ4n) is 1.09. The van der Waals surface area contributed by atoms with Crippen LogP contribution in [0.25, 0.3) is 0 Å². The highest BCUT2D eigenvalue weighted by Crippen LogP contribution is 2.10. The third-order valence-corrected chi connectivity index (χ3v) is 1.95. The molecule has 1 aromatic rings. The van der Waals surface area contributed by atoms with E-state index in [9.17, 15) is 0 Å². The molecular formula is C9H17N5O2. The molecule has 4 N–H and O–H groups in total. The number of rotatable bonds is 6. The van der Waals surface area contributed by atoms with Gasteiger partial charge in [0.15, 0.2) is 0 Å². The van der Waals surface area contributed by atoms with Crippen molar-refractivity contribution in [2.75, 3.05) is 24.3 Å². The molecule has 0 aliphatic carbocycles. The van der Waals surface area contributed by atoms with Crippen LogP contribution in [-0.2, 0) is 0 Å². The number of nitrogens with zero attached hydrogens (tertiary/aromatic N) is 3. The number of aromatic nitrogens is 3. The summed E-state index contributed by atoms with van der Waals surface area (Å²) in [6.07, 6.45) is 0.756. The number of ether oxygens (including phenoxy) is 1. The summed E-state index contributed by atoms with van der Waals surface area (Å²) in [5.41, 5.74) is 5.50. The number of hydrogen-bond donors (Lipinski definition) is 3. The van der Waals surface area contributed by atoms with Crippen LogP contribution in [-0.4, -0.2) is 39.3 Å². The summed E-state index contributed by atoms with van der Waals surface area (Å²) in [6, 6.07) is 0.0848. The predicted octanol–water partition coefficient (Wildman–Crippen LogP) is 0.0353. The van der Waals surface area contributed by atoms with Gasteiger partial charge in [-0.15, -0.1) is 0 Å². The van der Waals surface area contributed by atoms with E-state index in [1.165, 1.54) is 0 Å². The lowest BCUT2D eigenvalue weighted by Gasteiger charge is -2.14. The topological polar surface area (TPSA) is 106 Å². The molecule has 0 saturated carbocycles. The Balaban J connectivity index is 2.78. The monoisotopic (exact) mass is 227 g/mol. The molecule has 0 aromatic carbocycles. The molecular weight excluding hydrogens is 210 g/mol. The van der Waals surface area contributed by atoms with Gasteiger partial charge >= 0.3 is 6.01 Å². The third-order valence-electron chi connectivity index (χ3n) is 1.95. The van der Waals surface area contributed by atoms with E-state index < -0.39 is 0 Å². The number of aliphatic hydroxyl groups is 1. The van der Waals surface area contributed by atoms with Crippen LogP contribution in [0.3, 0.4) is 0 Å². The van der Waals surface area contributed by atoms with E-state index in [4.69, 9.17) is 15.6 Å². The SMILES string of the molecule is CCOc1nc(N)nc(NC(CC)CO)n1. The molecule has 0 amide bonds. The third kappa shape index (κ3) is 3.50. The molecule has 0 fully saturated rings. The number of nitrogens with one attached hydrogen (secondary N) is 1. The largest absolute Gasteiger partial charge is 0.464 e. The lowest BCUT2D eigenvalue weighted by atomic mass is 10.2. The van der Waals surface area contributed by atoms with Gasteiger partial charge in [0.05, 0.1) is 19.3 Å². The lowest BCUT2D eigenvalue weighted by Crippen LogP contribution is -2.24. The summed E-state index contributed by atoms with van der Waals surface area (Å²) in [6.45, 7) is 4.24. The molecule has 1 heterocycles. The van der Waals surface area contributed by atoms with Crippen molar-refractivity contribution in [3.63, 3.8) is 0 Å². The minimum Gasteiger partial charge on any atom is -0.464 e. The molecule has 0 saturated heterocycles. The van der Waals surface area contributed by atoms with Gasteiger partial charge in [-0.05, 0) is 13.3 Å². The summed E-state index contributed by atoms with van der Waals surface area (Å²) < 4.78 is 5.13. The molecule has 90 valence electrons. The Hall–Kier alpha value is -1.63. The van der Waals surface area contributed by atoms with E-state index in [1.54, 1.807) is 0 Å². The van der Waals surface area contributed by atoms with E-state index in [-0.39, 0.29) is 24.6 Å². The first-order valence-electron chi connectivity index (χ1n) is 5.21. The van der Waals surface area contributed by atoms with Crippen molar-refractivity contribution in [2.24, 2.45) is 0 Å². The minimum atomic E-state index is -0.101. The Bertz CT molecular complexity index is 330. The summed E-state index contributed by atoms with van der Waals surface area (Å²) >= 11 is 0. The van der Waals surface area contributed by atoms with Crippen LogP contribution in [0.5, 0.6) is 6.01 Å². The molecule has 7 heteroatoms. The molecule has 0 aliphatic heterocycles. The molecule has 0 radical (unpaired) electrons. The normalized spacial score (nSPS) is 12.2. The number of aliphatic hydroxyl groups excluding tert-OH is 1. The maximum Gasteiger partial charge on any atom is 0.323 e. The van der Waals surface area contributed by atoms with Crippen LogP contribution in [0.1, 0.15) is 20.3 Å². The number of nitrogen functional groups attached to an aromatic ring is 1. The predicted molar refractivity (Wildman–Crippen MR) is 60.2 cm³/mol. The molecule has 1 rings (SSSR count). The van der Waals surface area contributed by atoms with Gasteiger partial charge in [-0.3, -0.25) is 0 Å². The molecule has 0 bridgehead atoms. The van der Waals surface area contributed by atoms with Gasteiger partial charge in [-0.25, -0.2) is 0 Å². The zero-order valence-electron chi connectivity index (χ0n) is 9.47. The van der Waals surface area contributed by atoms with Crippen molar-refractivity contribution in [1.29, 1.82) is 0 Å². The molecule has 7 nitrogen and oxygen atoms in total. The first-order valence-corrected chi connectivity index (χ1v) is 5.21. The summed E-state index contributed by atoms with van der Waals surface area (Å²) in [4.78, 5) is 11.7. The van der Waals surface area contributed by atoms with E-state index >= 15 is 0 Å². The van der Waals surface area contributed by atoms with Gasteiger partial charge in [0.1, 0.15) is 0 Å². The first kappa shape index (κ1) is 12.4. The van der Waals surface area contributed by atoms with E-state index in [0.29, 0.717) is 12.6 Å². The Morgan fingerprint density at radius 1 is 1.38 bits per heavy atom. The van der Waals surface area contributed by atoms with Gasteiger partial charge in [-0.1, -0.05) is 6.92 Å². The molecule has 1 aromatic heterocycles. The van der Waals surface area contributed by atoms with Crippen molar-refractivity contribution < 1.29 is 9.84 Å². The minimum absolute atomic E-state index is 0.00601. The Kier molecular flexibility index (Phi) is 4.71. The van der Waals surface area contributed by atoms with Crippen molar-refractivity contribution in [3.05, 3.63) is 0 Å². The van der Waals surface area contributed by atoms with Crippen molar-refractivity contribution in [1.82, 2.24) is 15.0 Å². The second-order valence-corrected chi connectivity index (χ2v) is 3.16. The average molecular weight is 227 g/mol. The van der Waals surface area contributed by atoms with Gasteiger partial charge < -0.3 is 20.9 Å². The summed E-state index contributed by atoms with van der Waals surface area (Å²) in [5.74, 6) is 0.408. The van der Waals surface area contributed by atoms with E-state index in [1.807, 2.05) is 13.8 Å². The highest BCUT2D eigenvalue weighted by atomic mass is 16.5. The van der Waals surface area contributed by atoms with Crippen molar-refractivity contribution >= 4 is 11.9 Å². The van der Waals surface area contributed by atoms with Crippen molar-refractivity contribution in [2.45, 2.75) is 26.3 Å². The standard InChI is InChI=1S/C9H17N5O2/c1-3-6(5-15)11-8-12-7(10)13-9(14-8)16-4-2/h6,15H,3-5H2,1-2H3,(H3,10,11,12,13,14). The maximum absolute atomic E-state index is 9.03. The van der Waals surface area contributed by atoms with Gasteiger partial charge in [-0.2, -0.15) is 15.0 Å². The van der Waals surface area contributed by atoms with Crippen LogP contribution in [0.15, 0.2) is 0 Å². The van der Waals surface area contributed by atoms with Gasteiger partial charge in [0.25, 0.3) is 0 Å². The number of anilines is 2. The lowest BCUT2D eigenvalue weighted by molar-refractivity contribution is 0.271. The second-order valence-electron chi connectivity index (χ2n) is 3.16. The highest BCUT2D eigenvalue weighted by molar-refractivity contribution is 5.33. The van der Waals surface area contributed by atoms with Crippen LogP contribution in [0.2, 0.25) is 0 Å². The molecule has 1 unspecified atom stereocenters. The quantitative estimate of drug-likeness (QED) is 0.629. The van der Waals surface area contributed by atoms with Crippen LogP contribution < -0.4 is 15.8 Å². The van der Waals surface area contributed by atoms with Crippen molar-refractivity contribution in [3.8, 4) is 6.01 Å². The highest BCUT2D eigenvalue weighted by Gasteiger charge is 2.09. The Morgan fingerprint density at radius 2 is 2.12 bits per heavy atom. The average Bonchev–Trinajstić information content (AvgIpc) is 2.25. The summed E-state index contributed by atoms with van der Waals surface area (Å²) in [7, 11) is 0. The van der Waals surface area contributed by atoms with Crippen LogP contribution >= 0.6 is 0 Å². The zero-order valence-corrected chi connectivity index (χ0v) is 9.47. The Morgan fingerprint density at radius 3 is 2.69 bits per heavy atom. The zero-order chi connectivity index (χ0) is 12.0. The van der Waals surface area contributed by atoms with Gasteiger partial charge in [0.2, 0.25) is 11.9 Å². The van der Waals surface area contributed by atoms with Crippen LogP contribution in [0, 0.1) is 0 Å². The smallest absolute Gasteiger partial charge is 0.323 e. The first-order chi connectivity index (χ1) is 7.69. The number of hydrogen-bond acceptors (Lipinski definition) is 7. The van der Waals surface area contributed by atoms with E-state index in [0.717, 1.165) is 6.42 Å². The molecule has 1 atom stereocenters. The Labute approximate surface area is 94.1 Å². The second kappa shape index (κ2) is 6.06.